The maximum atomic E-state index is 3.71. The van der Waals surface area contributed by atoms with Crippen LogP contribution in [0.1, 0.15) is 58.8 Å². The number of unbranched alkanes of at least 4 members (excludes halogenated alkanes) is 4. The van der Waals surface area contributed by atoms with Crippen LogP contribution in [-0.4, -0.2) is 18.3 Å². The van der Waals surface area contributed by atoms with Gasteiger partial charge in [-0.1, -0.05) is 67.9 Å². The Morgan fingerprint density at radius 3 is 2.62 bits per heavy atom. The van der Waals surface area contributed by atoms with Gasteiger partial charge in [-0.25, -0.2) is 0 Å². The molecule has 1 atom stereocenters. The number of benzene rings is 1. The summed E-state index contributed by atoms with van der Waals surface area (Å²) in [6.45, 7) is 5.66. The summed E-state index contributed by atoms with van der Waals surface area (Å²) in [6, 6.07) is 9.27. The van der Waals surface area contributed by atoms with Gasteiger partial charge >= 0.3 is 0 Å². The van der Waals surface area contributed by atoms with Crippen molar-refractivity contribution in [3.05, 3.63) is 28.7 Å². The molecule has 1 N–H and O–H groups in total. The quantitative estimate of drug-likeness (QED) is 0.343. The summed E-state index contributed by atoms with van der Waals surface area (Å²) < 4.78 is 1.17. The summed E-state index contributed by atoms with van der Waals surface area (Å²) in [4.78, 5) is 1.36. The Morgan fingerprint density at radius 1 is 1.10 bits per heavy atom. The van der Waals surface area contributed by atoms with E-state index in [0.29, 0.717) is 6.04 Å². The lowest BCUT2D eigenvalue weighted by atomic mass is 10.1. The first-order chi connectivity index (χ1) is 10.3. The monoisotopic (exact) mass is 371 g/mol. The molecule has 0 heterocycles. The van der Waals surface area contributed by atoms with E-state index < -0.39 is 0 Å². The molecule has 1 rings (SSSR count). The molecule has 3 heteroatoms. The van der Waals surface area contributed by atoms with Gasteiger partial charge in [0.15, 0.2) is 0 Å². The molecule has 0 bridgehead atoms. The largest absolute Gasteiger partial charge is 0.313 e. The topological polar surface area (TPSA) is 12.0 Å². The molecule has 0 aliphatic rings. The zero-order valence-electron chi connectivity index (χ0n) is 13.5. The zero-order valence-corrected chi connectivity index (χ0v) is 15.9. The number of thioether (sulfide) groups is 1. The summed E-state index contributed by atoms with van der Waals surface area (Å²) >= 11 is 5.52. The van der Waals surface area contributed by atoms with Crippen LogP contribution in [0.15, 0.2) is 33.6 Å². The Bertz CT molecular complexity index is 370. The molecular formula is C18H30BrNS. The Balaban J connectivity index is 2.31. The summed E-state index contributed by atoms with van der Waals surface area (Å²) in [5.41, 5.74) is 0. The first-order valence-corrected chi connectivity index (χ1v) is 10.2. The van der Waals surface area contributed by atoms with Crippen LogP contribution >= 0.6 is 27.7 Å². The Hall–Kier alpha value is 0.01000. The highest BCUT2D eigenvalue weighted by molar-refractivity contribution is 9.10. The maximum Gasteiger partial charge on any atom is 0.0186 e. The minimum atomic E-state index is 0.649. The minimum absolute atomic E-state index is 0.649. The second-order valence-electron chi connectivity index (χ2n) is 5.62. The second-order valence-corrected chi connectivity index (χ2v) is 7.63. The van der Waals surface area contributed by atoms with Gasteiger partial charge in [0.25, 0.3) is 0 Å². The van der Waals surface area contributed by atoms with Crippen molar-refractivity contribution in [3.63, 3.8) is 0 Å². The molecule has 1 nitrogen and oxygen atoms in total. The van der Waals surface area contributed by atoms with Crippen molar-refractivity contribution < 1.29 is 0 Å². The van der Waals surface area contributed by atoms with E-state index in [4.69, 9.17) is 0 Å². The van der Waals surface area contributed by atoms with Gasteiger partial charge in [0.2, 0.25) is 0 Å². The van der Waals surface area contributed by atoms with Crippen molar-refractivity contribution in [2.24, 2.45) is 0 Å². The molecule has 0 spiro atoms. The highest BCUT2D eigenvalue weighted by atomic mass is 79.9. The van der Waals surface area contributed by atoms with Crippen molar-refractivity contribution in [2.45, 2.75) is 69.7 Å². The van der Waals surface area contributed by atoms with E-state index in [1.54, 1.807) is 0 Å². The van der Waals surface area contributed by atoms with Crippen molar-refractivity contribution in [1.29, 1.82) is 0 Å². The van der Waals surface area contributed by atoms with Crippen LogP contribution in [0.2, 0.25) is 0 Å². The number of nitrogens with one attached hydrogen (secondary N) is 1. The molecular weight excluding hydrogens is 342 g/mol. The fourth-order valence-corrected chi connectivity index (χ4v) is 3.95. The van der Waals surface area contributed by atoms with Gasteiger partial charge < -0.3 is 5.32 Å². The van der Waals surface area contributed by atoms with Gasteiger partial charge in [-0.15, -0.1) is 11.8 Å². The molecule has 0 aliphatic carbocycles. The lowest BCUT2D eigenvalue weighted by Crippen LogP contribution is -2.31. The molecule has 0 fully saturated rings. The maximum absolute atomic E-state index is 3.71. The fraction of sp³-hybridized carbons (Fsp3) is 0.667. The van der Waals surface area contributed by atoms with Gasteiger partial charge in [-0.3, -0.25) is 0 Å². The van der Waals surface area contributed by atoms with Crippen LogP contribution in [0.4, 0.5) is 0 Å². The van der Waals surface area contributed by atoms with Crippen LogP contribution in [0.25, 0.3) is 0 Å². The van der Waals surface area contributed by atoms with E-state index in [9.17, 15) is 0 Å². The second kappa shape index (κ2) is 12.5. The third-order valence-corrected chi connectivity index (χ3v) is 5.24. The van der Waals surface area contributed by atoms with E-state index in [-0.39, 0.29) is 0 Å². The molecule has 0 saturated carbocycles. The van der Waals surface area contributed by atoms with E-state index >= 15 is 0 Å². The minimum Gasteiger partial charge on any atom is -0.313 e. The normalized spacial score (nSPS) is 12.5. The number of halogens is 1. The predicted molar refractivity (Wildman–Crippen MR) is 100 cm³/mol. The van der Waals surface area contributed by atoms with Gasteiger partial charge in [0.1, 0.15) is 0 Å². The summed E-state index contributed by atoms with van der Waals surface area (Å²) in [6.07, 6.45) is 9.39. The smallest absolute Gasteiger partial charge is 0.0186 e. The zero-order chi connectivity index (χ0) is 15.3. The fourth-order valence-electron chi connectivity index (χ4n) is 2.34. The molecule has 1 aromatic carbocycles. The average Bonchev–Trinajstić information content (AvgIpc) is 2.49. The number of rotatable bonds is 12. The Labute approximate surface area is 143 Å². The van der Waals surface area contributed by atoms with Crippen LogP contribution in [0.5, 0.6) is 0 Å². The summed E-state index contributed by atoms with van der Waals surface area (Å²) in [7, 11) is 0. The highest BCUT2D eigenvalue weighted by Gasteiger charge is 2.08. The van der Waals surface area contributed by atoms with Crippen molar-refractivity contribution >= 4 is 27.7 Å². The molecule has 0 radical (unpaired) electrons. The SMILES string of the molecule is CCCCCCCC(CSc1cccc(Br)c1)NCCC. The van der Waals surface area contributed by atoms with Gasteiger partial charge in [-0.05, 0) is 37.6 Å². The number of hydrogen-bond donors (Lipinski definition) is 1. The highest BCUT2D eigenvalue weighted by Crippen LogP contribution is 2.23. The Kier molecular flexibility index (Phi) is 11.4. The van der Waals surface area contributed by atoms with Crippen LogP contribution in [-0.2, 0) is 0 Å². The third-order valence-electron chi connectivity index (χ3n) is 3.59. The average molecular weight is 372 g/mol. The lowest BCUT2D eigenvalue weighted by Gasteiger charge is -2.18. The van der Waals surface area contributed by atoms with Gasteiger partial charge in [0.05, 0.1) is 0 Å². The molecule has 1 unspecified atom stereocenters. The summed E-state index contributed by atoms with van der Waals surface area (Å²) in [5.74, 6) is 1.17. The molecule has 1 aromatic rings. The molecule has 0 amide bonds. The van der Waals surface area contributed by atoms with Crippen LogP contribution in [0, 0.1) is 0 Å². The van der Waals surface area contributed by atoms with Crippen LogP contribution < -0.4 is 5.32 Å². The first-order valence-electron chi connectivity index (χ1n) is 8.38. The van der Waals surface area contributed by atoms with Gasteiger partial charge in [0, 0.05) is 21.2 Å². The van der Waals surface area contributed by atoms with E-state index in [1.165, 1.54) is 60.1 Å². The van der Waals surface area contributed by atoms with Crippen molar-refractivity contribution in [1.82, 2.24) is 5.32 Å². The molecule has 21 heavy (non-hydrogen) atoms. The lowest BCUT2D eigenvalue weighted by molar-refractivity contribution is 0.485. The Morgan fingerprint density at radius 2 is 1.90 bits per heavy atom. The molecule has 120 valence electrons. The summed E-state index contributed by atoms with van der Waals surface area (Å²) in [5, 5.41) is 3.71. The molecule has 0 aromatic heterocycles. The van der Waals surface area contributed by atoms with Crippen molar-refractivity contribution in [3.8, 4) is 0 Å². The first kappa shape index (κ1) is 19.1. The van der Waals surface area contributed by atoms with E-state index in [0.717, 1.165) is 6.54 Å². The van der Waals surface area contributed by atoms with Crippen LogP contribution in [0.3, 0.4) is 0 Å². The number of hydrogen-bond acceptors (Lipinski definition) is 2. The molecule has 0 aliphatic heterocycles. The van der Waals surface area contributed by atoms with E-state index in [1.807, 2.05) is 11.8 Å². The van der Waals surface area contributed by atoms with Gasteiger partial charge in [-0.2, -0.15) is 0 Å². The third kappa shape index (κ3) is 9.59. The van der Waals surface area contributed by atoms with E-state index in [2.05, 4.69) is 59.4 Å². The molecule has 0 saturated heterocycles. The van der Waals surface area contributed by atoms with Crippen molar-refractivity contribution in [2.75, 3.05) is 12.3 Å². The predicted octanol–water partition coefficient (Wildman–Crippen LogP) is 6.27. The standard InChI is InChI=1S/C18H30BrNS/c1-3-5-6-7-8-11-17(20-13-4-2)15-21-18-12-9-10-16(19)14-18/h9-10,12,14,17,20H,3-8,11,13,15H2,1-2H3.